The van der Waals surface area contributed by atoms with E-state index in [-0.39, 0.29) is 12.0 Å². The van der Waals surface area contributed by atoms with Crippen LogP contribution in [0.15, 0.2) is 59.0 Å². The number of fused-ring (bicyclic) bond motifs is 2. The van der Waals surface area contributed by atoms with Gasteiger partial charge < -0.3 is 14.9 Å². The lowest BCUT2D eigenvalue weighted by molar-refractivity contribution is 0.250. The lowest BCUT2D eigenvalue weighted by Gasteiger charge is -2.29. The molecule has 3 heteroatoms. The second kappa shape index (κ2) is 4.93. The Morgan fingerprint density at radius 1 is 1.05 bits per heavy atom. The predicted molar refractivity (Wildman–Crippen MR) is 82.4 cm³/mol. The molecule has 0 bridgehead atoms. The summed E-state index contributed by atoms with van der Waals surface area (Å²) >= 11 is 0. The van der Waals surface area contributed by atoms with Crippen molar-refractivity contribution in [1.29, 1.82) is 0 Å². The molecule has 2 heterocycles. The van der Waals surface area contributed by atoms with Gasteiger partial charge >= 0.3 is 0 Å². The van der Waals surface area contributed by atoms with E-state index >= 15 is 0 Å². The van der Waals surface area contributed by atoms with Gasteiger partial charge in [0, 0.05) is 11.3 Å². The summed E-state index contributed by atoms with van der Waals surface area (Å²) in [5.41, 5.74) is 8.57. The lowest BCUT2D eigenvalue weighted by atomic mass is 9.86. The topological polar surface area (TPSA) is 48.4 Å². The summed E-state index contributed by atoms with van der Waals surface area (Å²) in [6.45, 7) is 0.704. The highest BCUT2D eigenvalue weighted by atomic mass is 16.5. The number of para-hydroxylation sites is 2. The van der Waals surface area contributed by atoms with Crippen molar-refractivity contribution in [2.45, 2.75) is 18.4 Å². The largest absolute Gasteiger partial charge is 0.493 e. The third kappa shape index (κ3) is 2.10. The van der Waals surface area contributed by atoms with E-state index in [1.807, 2.05) is 42.5 Å². The maximum absolute atomic E-state index is 6.50. The minimum absolute atomic E-state index is 0.151. The Balaban J connectivity index is 1.73. The van der Waals surface area contributed by atoms with Crippen LogP contribution in [0.1, 0.15) is 29.7 Å². The van der Waals surface area contributed by atoms with Gasteiger partial charge in [0.05, 0.1) is 12.6 Å². The maximum Gasteiger partial charge on any atom is 0.134 e. The molecule has 2 atom stereocenters. The molecule has 1 aliphatic rings. The lowest BCUT2D eigenvalue weighted by Crippen LogP contribution is -2.25. The summed E-state index contributed by atoms with van der Waals surface area (Å²) in [7, 11) is 0. The van der Waals surface area contributed by atoms with Crippen molar-refractivity contribution in [2.24, 2.45) is 5.73 Å². The quantitative estimate of drug-likeness (QED) is 0.771. The van der Waals surface area contributed by atoms with Crippen molar-refractivity contribution in [3.05, 3.63) is 65.9 Å². The van der Waals surface area contributed by atoms with Crippen LogP contribution in [0.25, 0.3) is 11.0 Å². The third-order valence-electron chi connectivity index (χ3n) is 4.21. The van der Waals surface area contributed by atoms with Crippen molar-refractivity contribution in [3.63, 3.8) is 0 Å². The van der Waals surface area contributed by atoms with Gasteiger partial charge in [-0.3, -0.25) is 0 Å². The van der Waals surface area contributed by atoms with E-state index < -0.39 is 0 Å². The number of hydrogen-bond donors (Lipinski definition) is 1. The van der Waals surface area contributed by atoms with Crippen molar-refractivity contribution < 1.29 is 9.15 Å². The molecule has 0 saturated carbocycles. The predicted octanol–water partition coefficient (Wildman–Crippen LogP) is 4.00. The first kappa shape index (κ1) is 12.5. The van der Waals surface area contributed by atoms with Crippen LogP contribution >= 0.6 is 0 Å². The van der Waals surface area contributed by atoms with Gasteiger partial charge in [0.1, 0.15) is 17.1 Å². The summed E-state index contributed by atoms with van der Waals surface area (Å²) in [6.07, 6.45) is 0.912. The summed E-state index contributed by atoms with van der Waals surface area (Å²) in [5.74, 6) is 2.02. The molecular formula is C18H17NO2. The molecule has 2 aromatic carbocycles. The van der Waals surface area contributed by atoms with Gasteiger partial charge in [-0.15, -0.1) is 0 Å². The Bertz CT molecular complexity index is 744. The molecule has 2 N–H and O–H groups in total. The zero-order valence-corrected chi connectivity index (χ0v) is 11.7. The molecule has 106 valence electrons. The van der Waals surface area contributed by atoms with Gasteiger partial charge in [0.25, 0.3) is 0 Å². The summed E-state index contributed by atoms with van der Waals surface area (Å²) in [5, 5.41) is 1.10. The van der Waals surface area contributed by atoms with E-state index in [4.69, 9.17) is 14.9 Å². The number of hydrogen-bond acceptors (Lipinski definition) is 3. The number of nitrogens with two attached hydrogens (primary N) is 1. The second-order valence-corrected chi connectivity index (χ2v) is 5.49. The second-order valence-electron chi connectivity index (χ2n) is 5.49. The molecule has 4 rings (SSSR count). The first-order chi connectivity index (χ1) is 10.3. The molecule has 2 unspecified atom stereocenters. The van der Waals surface area contributed by atoms with Crippen LogP contribution in [-0.4, -0.2) is 6.61 Å². The van der Waals surface area contributed by atoms with Gasteiger partial charge in [0.15, 0.2) is 0 Å². The molecular weight excluding hydrogens is 262 g/mol. The fourth-order valence-electron chi connectivity index (χ4n) is 3.11. The van der Waals surface area contributed by atoms with Crippen LogP contribution in [0.4, 0.5) is 0 Å². The zero-order chi connectivity index (χ0) is 14.2. The van der Waals surface area contributed by atoms with Crippen LogP contribution in [0.2, 0.25) is 0 Å². The van der Waals surface area contributed by atoms with E-state index in [0.29, 0.717) is 6.61 Å². The molecule has 0 fully saturated rings. The molecule has 0 aliphatic carbocycles. The van der Waals surface area contributed by atoms with Gasteiger partial charge in [-0.1, -0.05) is 36.4 Å². The van der Waals surface area contributed by atoms with Crippen LogP contribution in [-0.2, 0) is 0 Å². The fourth-order valence-corrected chi connectivity index (χ4v) is 3.11. The molecule has 0 radical (unpaired) electrons. The molecule has 3 aromatic rings. The smallest absolute Gasteiger partial charge is 0.134 e. The number of benzene rings is 2. The standard InChI is InChI=1S/C18H17NO2/c19-18(17-11-12-5-1-3-7-15(12)21-17)14-9-10-20-16-8-4-2-6-13(14)16/h1-8,11,14,18H,9-10,19H2. The fraction of sp³-hybridized carbons (Fsp3) is 0.222. The Hall–Kier alpha value is -2.26. The van der Waals surface area contributed by atoms with E-state index in [1.165, 1.54) is 5.56 Å². The Morgan fingerprint density at radius 3 is 2.76 bits per heavy atom. The van der Waals surface area contributed by atoms with Crippen LogP contribution in [0.3, 0.4) is 0 Å². The molecule has 3 nitrogen and oxygen atoms in total. The van der Waals surface area contributed by atoms with Crippen molar-refractivity contribution in [2.75, 3.05) is 6.61 Å². The van der Waals surface area contributed by atoms with Crippen molar-refractivity contribution >= 4 is 11.0 Å². The van der Waals surface area contributed by atoms with Gasteiger partial charge in [0.2, 0.25) is 0 Å². The Labute approximate surface area is 123 Å². The Morgan fingerprint density at radius 2 is 1.86 bits per heavy atom. The normalized spacial score (nSPS) is 19.0. The minimum Gasteiger partial charge on any atom is -0.493 e. The van der Waals surface area contributed by atoms with Crippen LogP contribution in [0.5, 0.6) is 5.75 Å². The van der Waals surface area contributed by atoms with E-state index in [1.54, 1.807) is 0 Å². The molecule has 0 amide bonds. The minimum atomic E-state index is -0.151. The van der Waals surface area contributed by atoms with Crippen LogP contribution < -0.4 is 10.5 Å². The van der Waals surface area contributed by atoms with E-state index in [9.17, 15) is 0 Å². The van der Waals surface area contributed by atoms with Crippen molar-refractivity contribution in [1.82, 2.24) is 0 Å². The number of rotatable bonds is 2. The number of furan rings is 1. The highest BCUT2D eigenvalue weighted by Gasteiger charge is 2.29. The summed E-state index contributed by atoms with van der Waals surface area (Å²) < 4.78 is 11.6. The van der Waals surface area contributed by atoms with Gasteiger partial charge in [-0.2, -0.15) is 0 Å². The van der Waals surface area contributed by atoms with Crippen molar-refractivity contribution in [3.8, 4) is 5.75 Å². The average molecular weight is 279 g/mol. The molecule has 1 aromatic heterocycles. The highest BCUT2D eigenvalue weighted by Crippen LogP contribution is 2.41. The third-order valence-corrected chi connectivity index (χ3v) is 4.21. The number of ether oxygens (including phenoxy) is 1. The molecule has 0 spiro atoms. The Kier molecular flexibility index (Phi) is 2.93. The highest BCUT2D eigenvalue weighted by molar-refractivity contribution is 5.77. The molecule has 0 saturated heterocycles. The summed E-state index contributed by atoms with van der Waals surface area (Å²) in [6, 6.07) is 18.0. The van der Waals surface area contributed by atoms with E-state index in [0.717, 1.165) is 28.9 Å². The zero-order valence-electron chi connectivity index (χ0n) is 11.7. The first-order valence-corrected chi connectivity index (χ1v) is 7.29. The monoisotopic (exact) mass is 279 g/mol. The van der Waals surface area contributed by atoms with Gasteiger partial charge in [-0.25, -0.2) is 0 Å². The van der Waals surface area contributed by atoms with E-state index in [2.05, 4.69) is 12.1 Å². The molecule has 21 heavy (non-hydrogen) atoms. The molecule has 1 aliphatic heterocycles. The van der Waals surface area contributed by atoms with Crippen LogP contribution in [0, 0.1) is 0 Å². The average Bonchev–Trinajstić information content (AvgIpc) is 2.97. The summed E-state index contributed by atoms with van der Waals surface area (Å²) in [4.78, 5) is 0. The maximum atomic E-state index is 6.50. The first-order valence-electron chi connectivity index (χ1n) is 7.29. The van der Waals surface area contributed by atoms with Gasteiger partial charge in [-0.05, 0) is 30.2 Å². The SMILES string of the molecule is NC(c1cc2ccccc2o1)C1CCOc2ccccc21.